The van der Waals surface area contributed by atoms with E-state index in [0.717, 1.165) is 75.7 Å². The van der Waals surface area contributed by atoms with E-state index < -0.39 is 0 Å². The van der Waals surface area contributed by atoms with E-state index in [2.05, 4.69) is 63.1 Å². The summed E-state index contributed by atoms with van der Waals surface area (Å²) in [5.74, 6) is 1.03. The number of hydrogen-bond donors (Lipinski definition) is 10. The van der Waals surface area contributed by atoms with Crippen LogP contribution in [0.25, 0.3) is 11.4 Å². The molecule has 6 atom stereocenters. The summed E-state index contributed by atoms with van der Waals surface area (Å²) in [5.41, 5.74) is 1.49. The summed E-state index contributed by atoms with van der Waals surface area (Å²) in [6.45, 7) is 2.13. The molecule has 20 nitrogen and oxygen atoms in total. The molecular weight excluding hydrogens is 937 g/mol. The number of pyridine rings is 2. The first-order chi connectivity index (χ1) is 34.0. The third-order valence-electron chi connectivity index (χ3n) is 12.7. The number of urea groups is 2. The largest absolute Gasteiger partial charge is 0.356 e. The lowest BCUT2D eigenvalue weighted by molar-refractivity contribution is -0.122. The minimum absolute atomic E-state index is 0.0375. The molecule has 2 aromatic rings. The monoisotopic (exact) mass is 1010 g/mol. The molecule has 0 aromatic carbocycles. The van der Waals surface area contributed by atoms with Crippen molar-refractivity contribution in [3.05, 3.63) is 47.8 Å². The SMILES string of the molecule is O=C(CCCC[C@@H]1SC[C@@H]2NC(=O)N[C@@H]21)NCCCCCC(=O)NCCNC(=O)c1ccnc(-c2cc(C(=O)NCCNC(=O)CCCCCNC(=O)CCCC[C@@H]3SC[C@@H]4NC(=O)N[C@@H]43)ccn2)c1. The molecule has 0 radical (unpaired) electrons. The molecule has 4 fully saturated rings. The highest BCUT2D eigenvalue weighted by Crippen LogP contribution is 2.34. The van der Waals surface area contributed by atoms with Crippen LogP contribution in [0.2, 0.25) is 0 Å². The Balaban J connectivity index is 0.735. The van der Waals surface area contributed by atoms with Crippen LogP contribution in [0.5, 0.6) is 0 Å². The van der Waals surface area contributed by atoms with Gasteiger partial charge in [0.1, 0.15) is 0 Å². The second kappa shape index (κ2) is 28.9. The van der Waals surface area contributed by atoms with E-state index in [0.29, 0.717) is 84.6 Å². The Kier molecular flexibility index (Phi) is 22.2. The molecule has 0 bridgehead atoms. The minimum atomic E-state index is -0.349. The van der Waals surface area contributed by atoms with E-state index in [4.69, 9.17) is 0 Å². The molecule has 0 unspecified atom stereocenters. The van der Waals surface area contributed by atoms with Gasteiger partial charge in [-0.1, -0.05) is 25.7 Å². The van der Waals surface area contributed by atoms with Crippen LogP contribution in [0.15, 0.2) is 36.7 Å². The van der Waals surface area contributed by atoms with Crippen LogP contribution in [0.1, 0.15) is 123 Å². The molecule has 10 amide bonds. The molecule has 0 aliphatic carbocycles. The van der Waals surface area contributed by atoms with Crippen LogP contribution in [0, 0.1) is 0 Å². The lowest BCUT2D eigenvalue weighted by atomic mass is 10.0. The van der Waals surface area contributed by atoms with Crippen molar-refractivity contribution in [2.24, 2.45) is 0 Å². The Labute approximate surface area is 418 Å². The Morgan fingerprint density at radius 2 is 0.843 bits per heavy atom. The molecule has 6 rings (SSSR count). The van der Waals surface area contributed by atoms with Gasteiger partial charge in [-0.3, -0.25) is 38.7 Å². The Hall–Kier alpha value is -5.64. The topological polar surface area (TPSA) is 283 Å². The highest BCUT2D eigenvalue weighted by Gasteiger charge is 2.43. The number of rotatable bonds is 31. The average Bonchev–Trinajstić information content (AvgIpc) is 4.13. The predicted molar refractivity (Wildman–Crippen MR) is 269 cm³/mol. The number of carbonyl (C=O) groups is 8. The summed E-state index contributed by atoms with van der Waals surface area (Å²) < 4.78 is 0. The maximum atomic E-state index is 12.9. The quantitative estimate of drug-likeness (QED) is 0.0386. The molecule has 2 aromatic heterocycles. The summed E-state index contributed by atoms with van der Waals surface area (Å²) in [5, 5.41) is 29.9. The zero-order valence-electron chi connectivity index (χ0n) is 39.9. The number of unbranched alkanes of at least 4 members (excludes halogenated alkanes) is 6. The number of aromatic nitrogens is 2. The number of fused-ring (bicyclic) bond motifs is 2. The fourth-order valence-electron chi connectivity index (χ4n) is 8.92. The van der Waals surface area contributed by atoms with Crippen LogP contribution in [0.4, 0.5) is 9.59 Å². The molecule has 0 spiro atoms. The van der Waals surface area contributed by atoms with Crippen molar-refractivity contribution in [3.63, 3.8) is 0 Å². The van der Waals surface area contributed by atoms with Gasteiger partial charge in [-0.2, -0.15) is 23.5 Å². The molecule has 70 heavy (non-hydrogen) atoms. The summed E-state index contributed by atoms with van der Waals surface area (Å²) in [6, 6.07) is 6.95. The van der Waals surface area contributed by atoms with Gasteiger partial charge in [0.05, 0.1) is 35.6 Å². The van der Waals surface area contributed by atoms with E-state index in [1.807, 2.05) is 23.5 Å². The van der Waals surface area contributed by atoms with Crippen molar-refractivity contribution >= 4 is 71.0 Å². The Bertz CT molecular complexity index is 1970. The van der Waals surface area contributed by atoms with Crippen LogP contribution in [-0.2, 0) is 19.2 Å². The van der Waals surface area contributed by atoms with Gasteiger partial charge in [0.2, 0.25) is 23.6 Å². The Morgan fingerprint density at radius 3 is 1.26 bits per heavy atom. The van der Waals surface area contributed by atoms with E-state index >= 15 is 0 Å². The summed E-state index contributed by atoms with van der Waals surface area (Å²) in [6.07, 6.45) is 14.7. The highest BCUT2D eigenvalue weighted by molar-refractivity contribution is 8.00. The first-order valence-corrected chi connectivity index (χ1v) is 27.0. The van der Waals surface area contributed by atoms with Gasteiger partial charge in [-0.05, 0) is 75.6 Å². The number of thioether (sulfide) groups is 2. The number of nitrogens with one attached hydrogen (secondary N) is 10. The van der Waals surface area contributed by atoms with Gasteiger partial charge in [0, 0.05) is 110 Å². The molecule has 0 saturated carbocycles. The predicted octanol–water partition coefficient (Wildman–Crippen LogP) is 2.64. The van der Waals surface area contributed by atoms with Crippen molar-refractivity contribution in [1.29, 1.82) is 0 Å². The molecule has 10 N–H and O–H groups in total. The molecule has 22 heteroatoms. The van der Waals surface area contributed by atoms with Crippen LogP contribution in [0.3, 0.4) is 0 Å². The van der Waals surface area contributed by atoms with Gasteiger partial charge in [-0.25, -0.2) is 9.59 Å². The fourth-order valence-corrected chi connectivity index (χ4v) is 12.0. The summed E-state index contributed by atoms with van der Waals surface area (Å²) in [7, 11) is 0. The maximum Gasteiger partial charge on any atom is 0.315 e. The number of carbonyl (C=O) groups excluding carboxylic acids is 8. The number of hydrogen-bond acceptors (Lipinski definition) is 12. The zero-order chi connectivity index (χ0) is 49.5. The summed E-state index contributed by atoms with van der Waals surface area (Å²) >= 11 is 3.76. The van der Waals surface area contributed by atoms with Gasteiger partial charge in [-0.15, -0.1) is 0 Å². The lowest BCUT2D eigenvalue weighted by Gasteiger charge is -2.16. The van der Waals surface area contributed by atoms with Crippen LogP contribution < -0.4 is 53.2 Å². The number of amides is 10. The minimum Gasteiger partial charge on any atom is -0.356 e. The molecule has 4 aliphatic rings. The normalized spacial score (nSPS) is 20.7. The number of nitrogens with zero attached hydrogens (tertiary/aromatic N) is 2. The Morgan fingerprint density at radius 1 is 0.471 bits per heavy atom. The van der Waals surface area contributed by atoms with Gasteiger partial charge < -0.3 is 53.2 Å². The standard InChI is InChI=1S/C48H70N12O8S2/c61-39(15-7-5-11-37-43-35(29-69-37)57-47(67)59-43)51-19-9-1-3-13-41(63)53-23-25-55-45(65)31-17-21-49-33(27-31)34-28-32(18-22-50-34)46(66)56-26-24-54-42(64)14-4-2-10-20-52-40(62)16-8-6-12-38-44-36(30-70-38)58-48(68)60-44/h17-18,21-22,27-28,35-38,43-44H,1-16,19-20,23-26,29-30H2,(H,51,61)(H,52,62)(H,53,63)(H,54,64)(H,55,65)(H,56,66)(H2,57,59,67)(H2,58,60,68)/t35-,36-,37-,38-,43-,44-/m0/s1. The third-order valence-corrected chi connectivity index (χ3v) is 15.8. The van der Waals surface area contributed by atoms with E-state index in [1.54, 1.807) is 24.3 Å². The fraction of sp³-hybridized carbons (Fsp3) is 0.625. The lowest BCUT2D eigenvalue weighted by Crippen LogP contribution is -2.36. The molecule has 6 heterocycles. The van der Waals surface area contributed by atoms with Crippen molar-refractivity contribution < 1.29 is 38.4 Å². The molecule has 382 valence electrons. The smallest absolute Gasteiger partial charge is 0.315 e. The zero-order valence-corrected chi connectivity index (χ0v) is 41.5. The van der Waals surface area contributed by atoms with Crippen molar-refractivity contribution in [3.8, 4) is 11.4 Å². The van der Waals surface area contributed by atoms with E-state index in [1.165, 1.54) is 12.4 Å². The van der Waals surface area contributed by atoms with Crippen LogP contribution >= 0.6 is 23.5 Å². The van der Waals surface area contributed by atoms with Crippen molar-refractivity contribution in [2.45, 2.75) is 137 Å². The first kappa shape index (κ1) is 53.7. The van der Waals surface area contributed by atoms with E-state index in [-0.39, 0.29) is 97.9 Å². The second-order valence-electron chi connectivity index (χ2n) is 18.1. The molecule has 4 saturated heterocycles. The summed E-state index contributed by atoms with van der Waals surface area (Å²) in [4.78, 5) is 107. The average molecular weight is 1010 g/mol. The molecular formula is C48H70N12O8S2. The third kappa shape index (κ3) is 18.0. The van der Waals surface area contributed by atoms with Crippen molar-refractivity contribution in [1.82, 2.24) is 63.1 Å². The highest BCUT2D eigenvalue weighted by atomic mass is 32.2. The van der Waals surface area contributed by atoms with Gasteiger partial charge in [0.25, 0.3) is 11.8 Å². The maximum absolute atomic E-state index is 12.9. The van der Waals surface area contributed by atoms with Gasteiger partial charge >= 0.3 is 12.1 Å². The van der Waals surface area contributed by atoms with Gasteiger partial charge in [0.15, 0.2) is 0 Å². The van der Waals surface area contributed by atoms with Crippen molar-refractivity contribution in [2.75, 3.05) is 50.8 Å². The molecule has 4 aliphatic heterocycles. The first-order valence-electron chi connectivity index (χ1n) is 25.0. The van der Waals surface area contributed by atoms with E-state index in [9.17, 15) is 38.4 Å². The second-order valence-corrected chi connectivity index (χ2v) is 20.7. The van der Waals surface area contributed by atoms with Crippen LogP contribution in [-0.4, -0.2) is 143 Å².